The second-order valence-corrected chi connectivity index (χ2v) is 6.88. The third-order valence-electron chi connectivity index (χ3n) is 4.14. The number of oxazole rings is 1. The molecule has 6 heteroatoms. The van der Waals surface area contributed by atoms with Crippen LogP contribution < -0.4 is 4.90 Å². The van der Waals surface area contributed by atoms with E-state index < -0.39 is 0 Å². The van der Waals surface area contributed by atoms with Gasteiger partial charge in [-0.3, -0.25) is 4.79 Å². The zero-order valence-electron chi connectivity index (χ0n) is 14.7. The minimum atomic E-state index is -0.0734. The Bertz CT molecular complexity index is 942. The molecular formula is C20H19N3O2S. The lowest BCUT2D eigenvalue weighted by Crippen LogP contribution is -2.33. The molecule has 0 saturated carbocycles. The van der Waals surface area contributed by atoms with Gasteiger partial charge in [-0.25, -0.2) is 4.98 Å². The van der Waals surface area contributed by atoms with Gasteiger partial charge in [-0.2, -0.15) is 5.26 Å². The first-order valence-electron chi connectivity index (χ1n) is 8.31. The van der Waals surface area contributed by atoms with E-state index in [0.717, 1.165) is 16.8 Å². The van der Waals surface area contributed by atoms with E-state index in [1.165, 1.54) is 17.3 Å². The molecule has 0 radical (unpaired) electrons. The Balaban J connectivity index is 1.74. The largest absolute Gasteiger partial charge is 0.431 e. The second-order valence-electron chi connectivity index (χ2n) is 5.96. The highest BCUT2D eigenvalue weighted by molar-refractivity contribution is 7.99. The van der Waals surface area contributed by atoms with Gasteiger partial charge in [-0.05, 0) is 49.2 Å². The van der Waals surface area contributed by atoms with Crippen LogP contribution in [0.3, 0.4) is 0 Å². The topological polar surface area (TPSA) is 70.1 Å². The molecule has 0 atom stereocenters. The van der Waals surface area contributed by atoms with Gasteiger partial charge in [0.05, 0.1) is 18.2 Å². The van der Waals surface area contributed by atoms with Crippen molar-refractivity contribution in [1.29, 1.82) is 5.26 Å². The van der Waals surface area contributed by atoms with Crippen molar-refractivity contribution in [2.24, 2.45) is 0 Å². The van der Waals surface area contributed by atoms with Crippen LogP contribution >= 0.6 is 11.8 Å². The van der Waals surface area contributed by atoms with Gasteiger partial charge in [0.1, 0.15) is 5.52 Å². The number of nitrogens with zero attached hydrogens (tertiary/aromatic N) is 3. The zero-order chi connectivity index (χ0) is 18.5. The van der Waals surface area contributed by atoms with E-state index in [-0.39, 0.29) is 18.1 Å². The summed E-state index contributed by atoms with van der Waals surface area (Å²) in [6.07, 6.45) is 0.284. The molecule has 0 unspecified atom stereocenters. The number of carbonyl (C=O) groups is 1. The van der Waals surface area contributed by atoms with Crippen LogP contribution in [-0.4, -0.2) is 23.2 Å². The minimum Gasteiger partial charge on any atom is -0.431 e. The molecule has 1 aromatic heterocycles. The van der Waals surface area contributed by atoms with Crippen LogP contribution in [-0.2, 0) is 4.79 Å². The highest BCUT2D eigenvalue weighted by Gasteiger charge is 2.18. The van der Waals surface area contributed by atoms with E-state index >= 15 is 0 Å². The molecule has 0 aliphatic heterocycles. The summed E-state index contributed by atoms with van der Waals surface area (Å²) < 4.78 is 5.65. The zero-order valence-corrected chi connectivity index (χ0v) is 15.5. The number of aryl methyl sites for hydroxylation is 2. The van der Waals surface area contributed by atoms with Crippen molar-refractivity contribution in [2.75, 3.05) is 17.2 Å². The molecule has 0 saturated heterocycles. The molecule has 132 valence electrons. The monoisotopic (exact) mass is 365 g/mol. The summed E-state index contributed by atoms with van der Waals surface area (Å²) in [5, 5.41) is 9.38. The van der Waals surface area contributed by atoms with Crippen LogP contribution in [0.2, 0.25) is 0 Å². The normalized spacial score (nSPS) is 10.7. The van der Waals surface area contributed by atoms with Crippen molar-refractivity contribution in [1.82, 2.24) is 4.98 Å². The molecule has 2 aromatic carbocycles. The fourth-order valence-corrected chi connectivity index (χ4v) is 3.28. The van der Waals surface area contributed by atoms with Crippen LogP contribution in [0.1, 0.15) is 17.5 Å². The number of rotatable bonds is 6. The van der Waals surface area contributed by atoms with Gasteiger partial charge in [-0.15, -0.1) is 0 Å². The van der Waals surface area contributed by atoms with E-state index in [9.17, 15) is 4.79 Å². The Morgan fingerprint density at radius 3 is 2.77 bits per heavy atom. The predicted octanol–water partition coefficient (Wildman–Crippen LogP) is 4.48. The average molecular weight is 365 g/mol. The summed E-state index contributed by atoms with van der Waals surface area (Å²) in [6.45, 7) is 4.41. The maximum absolute atomic E-state index is 12.8. The number of benzene rings is 2. The molecule has 1 heterocycles. The first kappa shape index (κ1) is 18.0. The molecule has 0 N–H and O–H groups in total. The smallest absolute Gasteiger partial charge is 0.257 e. The Hall–Kier alpha value is -2.78. The number of hydrogen-bond acceptors (Lipinski definition) is 5. The molecular weight excluding hydrogens is 346 g/mol. The molecule has 0 bridgehead atoms. The molecule has 0 aliphatic carbocycles. The number of para-hydroxylation sites is 2. The minimum absolute atomic E-state index is 0.0734. The molecule has 26 heavy (non-hydrogen) atoms. The summed E-state index contributed by atoms with van der Waals surface area (Å²) in [6, 6.07) is 15.5. The third-order valence-corrected chi connectivity index (χ3v) is 4.96. The third kappa shape index (κ3) is 4.06. The summed E-state index contributed by atoms with van der Waals surface area (Å²) in [7, 11) is 0. The summed E-state index contributed by atoms with van der Waals surface area (Å²) in [4.78, 5) is 18.8. The summed E-state index contributed by atoms with van der Waals surface area (Å²) in [5.74, 6) is 0.126. The first-order chi connectivity index (χ1) is 12.6. The highest BCUT2D eigenvalue weighted by atomic mass is 32.2. The van der Waals surface area contributed by atoms with Crippen molar-refractivity contribution >= 4 is 34.5 Å². The van der Waals surface area contributed by atoms with E-state index in [2.05, 4.69) is 11.1 Å². The Morgan fingerprint density at radius 2 is 2.04 bits per heavy atom. The van der Waals surface area contributed by atoms with Crippen molar-refractivity contribution < 1.29 is 9.21 Å². The van der Waals surface area contributed by atoms with Crippen LogP contribution in [0.15, 0.2) is 52.1 Å². The van der Waals surface area contributed by atoms with Crippen LogP contribution in [0, 0.1) is 25.2 Å². The first-order valence-corrected chi connectivity index (χ1v) is 9.30. The van der Waals surface area contributed by atoms with E-state index in [1.54, 1.807) is 4.90 Å². The van der Waals surface area contributed by atoms with Crippen LogP contribution in [0.25, 0.3) is 11.1 Å². The van der Waals surface area contributed by atoms with Gasteiger partial charge in [0.15, 0.2) is 5.58 Å². The van der Waals surface area contributed by atoms with Gasteiger partial charge >= 0.3 is 0 Å². The van der Waals surface area contributed by atoms with Gasteiger partial charge in [-0.1, -0.05) is 30.0 Å². The number of carbonyl (C=O) groups excluding carboxylic acids is 1. The number of fused-ring (bicyclic) bond motifs is 1. The number of thioether (sulfide) groups is 1. The van der Waals surface area contributed by atoms with Gasteiger partial charge in [0, 0.05) is 12.2 Å². The SMILES string of the molecule is Cc1ccc(N(CCC#N)C(=O)CSc2nc3ccccc3o2)cc1C. The average Bonchev–Trinajstić information content (AvgIpc) is 3.06. The van der Waals surface area contributed by atoms with Crippen molar-refractivity contribution in [3.8, 4) is 6.07 Å². The maximum atomic E-state index is 12.8. The van der Waals surface area contributed by atoms with E-state index in [0.29, 0.717) is 17.4 Å². The van der Waals surface area contributed by atoms with Crippen molar-refractivity contribution in [3.63, 3.8) is 0 Å². The molecule has 1 amide bonds. The van der Waals surface area contributed by atoms with Gasteiger partial charge < -0.3 is 9.32 Å². The molecule has 0 aliphatic rings. The van der Waals surface area contributed by atoms with Crippen molar-refractivity contribution in [3.05, 3.63) is 53.6 Å². The molecule has 3 aromatic rings. The highest BCUT2D eigenvalue weighted by Crippen LogP contribution is 2.25. The van der Waals surface area contributed by atoms with Crippen LogP contribution in [0.4, 0.5) is 5.69 Å². The standard InChI is InChI=1S/C20H19N3O2S/c1-14-8-9-16(12-15(14)2)23(11-5-10-21)19(24)13-26-20-22-17-6-3-4-7-18(17)25-20/h3-4,6-9,12H,5,11,13H2,1-2H3. The number of anilines is 1. The van der Waals surface area contributed by atoms with Gasteiger partial charge in [0.25, 0.3) is 5.22 Å². The molecule has 5 nitrogen and oxygen atoms in total. The lowest BCUT2D eigenvalue weighted by Gasteiger charge is -2.22. The molecule has 0 spiro atoms. The quantitative estimate of drug-likeness (QED) is 0.602. The number of nitriles is 1. The molecule has 0 fully saturated rings. The number of aromatic nitrogens is 1. The molecule has 3 rings (SSSR count). The number of hydrogen-bond donors (Lipinski definition) is 0. The number of amides is 1. The van der Waals surface area contributed by atoms with E-state index in [1.807, 2.05) is 56.3 Å². The second kappa shape index (κ2) is 8.07. The van der Waals surface area contributed by atoms with Crippen LogP contribution in [0.5, 0.6) is 0 Å². The maximum Gasteiger partial charge on any atom is 0.257 e. The summed E-state index contributed by atoms with van der Waals surface area (Å²) >= 11 is 1.27. The fourth-order valence-electron chi connectivity index (χ4n) is 2.57. The lowest BCUT2D eigenvalue weighted by molar-refractivity contribution is -0.116. The Morgan fingerprint density at radius 1 is 1.23 bits per heavy atom. The Kier molecular flexibility index (Phi) is 5.59. The van der Waals surface area contributed by atoms with E-state index in [4.69, 9.17) is 9.68 Å². The lowest BCUT2D eigenvalue weighted by atomic mass is 10.1. The van der Waals surface area contributed by atoms with Gasteiger partial charge in [0.2, 0.25) is 5.91 Å². The summed E-state index contributed by atoms with van der Waals surface area (Å²) in [5.41, 5.74) is 4.58. The Labute approximate surface area is 156 Å². The predicted molar refractivity (Wildman–Crippen MR) is 103 cm³/mol. The fraction of sp³-hybridized carbons (Fsp3) is 0.250. The van der Waals surface area contributed by atoms with Crippen molar-refractivity contribution in [2.45, 2.75) is 25.5 Å².